The second kappa shape index (κ2) is 8.24. The van der Waals surface area contributed by atoms with Crippen LogP contribution in [-0.4, -0.2) is 11.2 Å². The van der Waals surface area contributed by atoms with E-state index < -0.39 is 0 Å². The molecular formula is C28H45ClO. The van der Waals surface area contributed by atoms with E-state index in [-0.39, 0.29) is 16.7 Å². The van der Waals surface area contributed by atoms with Gasteiger partial charge in [0.15, 0.2) is 0 Å². The summed E-state index contributed by atoms with van der Waals surface area (Å²) in [6.45, 7) is 14.5. The molecule has 0 saturated heterocycles. The lowest BCUT2D eigenvalue weighted by atomic mass is 9.44. The Labute approximate surface area is 190 Å². The van der Waals surface area contributed by atoms with Crippen molar-refractivity contribution in [1.82, 2.24) is 0 Å². The number of fused-ring (bicyclic) bond motifs is 5. The van der Waals surface area contributed by atoms with E-state index in [1.54, 1.807) is 0 Å². The molecule has 4 saturated carbocycles. The third-order valence-electron chi connectivity index (χ3n) is 10.9. The van der Waals surface area contributed by atoms with Crippen LogP contribution in [0.3, 0.4) is 0 Å². The van der Waals surface area contributed by atoms with E-state index in [4.69, 9.17) is 11.6 Å². The molecule has 4 aliphatic carbocycles. The Balaban J connectivity index is 1.54. The summed E-state index contributed by atoms with van der Waals surface area (Å²) >= 11 is 6.52. The van der Waals surface area contributed by atoms with E-state index in [0.29, 0.717) is 34.9 Å². The maximum Gasteiger partial charge on any atom is 0.136 e. The fourth-order valence-corrected chi connectivity index (χ4v) is 8.89. The highest BCUT2D eigenvalue weighted by Gasteiger charge is 2.62. The van der Waals surface area contributed by atoms with E-state index in [1.807, 2.05) is 0 Å². The fourth-order valence-electron chi connectivity index (χ4n) is 8.60. The van der Waals surface area contributed by atoms with Crippen LogP contribution >= 0.6 is 11.6 Å². The van der Waals surface area contributed by atoms with E-state index in [9.17, 15) is 4.79 Å². The first-order valence-electron chi connectivity index (χ1n) is 12.9. The van der Waals surface area contributed by atoms with Gasteiger partial charge < -0.3 is 0 Å². The van der Waals surface area contributed by atoms with Gasteiger partial charge in [-0.1, -0.05) is 53.7 Å². The van der Waals surface area contributed by atoms with Gasteiger partial charge in [-0.05, 0) is 97.2 Å². The van der Waals surface area contributed by atoms with Gasteiger partial charge in [-0.15, -0.1) is 11.6 Å². The molecule has 0 aromatic rings. The van der Waals surface area contributed by atoms with Crippen LogP contribution in [0.2, 0.25) is 0 Å². The van der Waals surface area contributed by atoms with Crippen LogP contribution in [0.1, 0.15) is 92.9 Å². The maximum atomic E-state index is 13.3. The SMILES string of the molecule is CC(C)[C@H](C)/C=C/[C@@H](C)[C@@H]1CC[C@@H]2[C@H]3CC(=O)[C@H]4C[C@@H](Cl)CC[C@]4(C)[C@@H]3CC[C@@]21C. The largest absolute Gasteiger partial charge is 0.299 e. The average Bonchev–Trinajstić information content (AvgIpc) is 3.04. The number of allylic oxidation sites excluding steroid dienone is 2. The van der Waals surface area contributed by atoms with Crippen molar-refractivity contribution in [1.29, 1.82) is 0 Å². The highest BCUT2D eigenvalue weighted by atomic mass is 35.5. The van der Waals surface area contributed by atoms with Gasteiger partial charge in [-0.2, -0.15) is 0 Å². The van der Waals surface area contributed by atoms with Gasteiger partial charge >= 0.3 is 0 Å². The first kappa shape index (κ1) is 22.9. The molecule has 0 bridgehead atoms. The summed E-state index contributed by atoms with van der Waals surface area (Å²) in [5.74, 6) is 5.68. The lowest BCUT2D eigenvalue weighted by Gasteiger charge is -2.60. The van der Waals surface area contributed by atoms with Gasteiger partial charge in [-0.25, -0.2) is 0 Å². The summed E-state index contributed by atoms with van der Waals surface area (Å²) in [6, 6.07) is 0. The normalized spacial score (nSPS) is 48.3. The van der Waals surface area contributed by atoms with Crippen molar-refractivity contribution in [3.63, 3.8) is 0 Å². The zero-order valence-electron chi connectivity index (χ0n) is 20.3. The number of rotatable bonds is 4. The molecule has 30 heavy (non-hydrogen) atoms. The summed E-state index contributed by atoms with van der Waals surface area (Å²) in [4.78, 5) is 13.3. The van der Waals surface area contributed by atoms with Crippen LogP contribution in [0.15, 0.2) is 12.2 Å². The molecule has 0 aliphatic heterocycles. The number of carbonyl (C=O) groups is 1. The van der Waals surface area contributed by atoms with Crippen molar-refractivity contribution in [2.75, 3.05) is 0 Å². The smallest absolute Gasteiger partial charge is 0.136 e. The van der Waals surface area contributed by atoms with Gasteiger partial charge in [0, 0.05) is 17.7 Å². The summed E-state index contributed by atoms with van der Waals surface area (Å²) in [5, 5.41) is 0.217. The molecule has 0 aromatic heterocycles. The maximum absolute atomic E-state index is 13.3. The minimum atomic E-state index is 0.211. The van der Waals surface area contributed by atoms with Crippen molar-refractivity contribution in [2.45, 2.75) is 98.3 Å². The number of alkyl halides is 1. The molecule has 10 atom stereocenters. The number of ketones is 1. The first-order valence-corrected chi connectivity index (χ1v) is 13.4. The Morgan fingerprint density at radius 1 is 0.933 bits per heavy atom. The Hall–Kier alpha value is -0.300. The molecule has 170 valence electrons. The summed E-state index contributed by atoms with van der Waals surface area (Å²) < 4.78 is 0. The Kier molecular flexibility index (Phi) is 6.28. The van der Waals surface area contributed by atoms with Crippen molar-refractivity contribution < 1.29 is 4.79 Å². The summed E-state index contributed by atoms with van der Waals surface area (Å²) in [5.41, 5.74) is 0.627. The summed E-state index contributed by atoms with van der Waals surface area (Å²) in [6.07, 6.45) is 14.4. The van der Waals surface area contributed by atoms with Crippen molar-refractivity contribution in [3.05, 3.63) is 12.2 Å². The minimum absolute atomic E-state index is 0.211. The van der Waals surface area contributed by atoms with Crippen LogP contribution in [0, 0.1) is 58.2 Å². The average molecular weight is 433 g/mol. The number of Topliss-reactive ketones (excluding diaryl/α,β-unsaturated/α-hetero) is 1. The van der Waals surface area contributed by atoms with Crippen molar-refractivity contribution in [3.8, 4) is 0 Å². The third-order valence-corrected chi connectivity index (χ3v) is 11.3. The van der Waals surface area contributed by atoms with Crippen molar-refractivity contribution in [2.24, 2.45) is 58.2 Å². The lowest BCUT2D eigenvalue weighted by Crippen LogP contribution is -2.56. The minimum Gasteiger partial charge on any atom is -0.299 e. The zero-order valence-corrected chi connectivity index (χ0v) is 21.0. The number of carbonyl (C=O) groups excluding carboxylic acids is 1. The molecule has 0 amide bonds. The Morgan fingerprint density at radius 3 is 2.30 bits per heavy atom. The van der Waals surface area contributed by atoms with Gasteiger partial charge in [0.2, 0.25) is 0 Å². The molecule has 0 aromatic carbocycles. The van der Waals surface area contributed by atoms with E-state index in [1.165, 1.54) is 25.7 Å². The molecule has 4 fully saturated rings. The standard InChI is InChI=1S/C28H45ClO/c1-17(2)18(3)7-8-19(4)22-9-10-23-21-16-26(30)25-15-20(29)11-13-28(25,6)24(21)12-14-27(22,23)5/h7-8,17-25H,9-16H2,1-6H3/b8-7+/t18-,19-,20+,21-,22+,23-,24-,25-,27-,28-/m1/s1. The van der Waals surface area contributed by atoms with Gasteiger partial charge in [0.1, 0.15) is 5.78 Å². The van der Waals surface area contributed by atoms with Gasteiger partial charge in [0.05, 0.1) is 0 Å². The quantitative estimate of drug-likeness (QED) is 0.325. The van der Waals surface area contributed by atoms with E-state index in [2.05, 4.69) is 53.7 Å². The second-order valence-corrected chi connectivity index (χ2v) is 13.2. The number of hydrogen-bond acceptors (Lipinski definition) is 1. The molecule has 0 radical (unpaired) electrons. The second-order valence-electron chi connectivity index (χ2n) is 12.6. The highest BCUT2D eigenvalue weighted by Crippen LogP contribution is 2.67. The molecule has 4 aliphatic rings. The molecular weight excluding hydrogens is 388 g/mol. The predicted octanol–water partition coefficient (Wildman–Crippen LogP) is 7.92. The molecule has 0 N–H and O–H groups in total. The van der Waals surface area contributed by atoms with Gasteiger partial charge in [0.25, 0.3) is 0 Å². The molecule has 0 unspecified atom stereocenters. The fraction of sp³-hybridized carbons (Fsp3) is 0.893. The molecule has 1 nitrogen and oxygen atoms in total. The predicted molar refractivity (Wildman–Crippen MR) is 128 cm³/mol. The van der Waals surface area contributed by atoms with Crippen molar-refractivity contribution >= 4 is 17.4 Å². The lowest BCUT2D eigenvalue weighted by molar-refractivity contribution is -0.153. The Bertz CT molecular complexity index is 682. The van der Waals surface area contributed by atoms with Gasteiger partial charge in [-0.3, -0.25) is 4.79 Å². The number of hydrogen-bond donors (Lipinski definition) is 0. The summed E-state index contributed by atoms with van der Waals surface area (Å²) in [7, 11) is 0. The highest BCUT2D eigenvalue weighted by molar-refractivity contribution is 6.20. The van der Waals surface area contributed by atoms with Crippen LogP contribution in [0.4, 0.5) is 0 Å². The van der Waals surface area contributed by atoms with Crippen LogP contribution in [0.25, 0.3) is 0 Å². The third kappa shape index (κ3) is 3.64. The molecule has 0 heterocycles. The first-order chi connectivity index (χ1) is 14.1. The molecule has 2 heteroatoms. The Morgan fingerprint density at radius 2 is 1.60 bits per heavy atom. The van der Waals surface area contributed by atoms with E-state index in [0.717, 1.165) is 43.4 Å². The van der Waals surface area contributed by atoms with E-state index >= 15 is 0 Å². The molecule has 0 spiro atoms. The monoisotopic (exact) mass is 432 g/mol. The molecule has 4 rings (SSSR count). The number of halogens is 1. The van der Waals surface area contributed by atoms with Crippen LogP contribution in [0.5, 0.6) is 0 Å². The zero-order chi connectivity index (χ0) is 21.8. The topological polar surface area (TPSA) is 17.1 Å². The van der Waals surface area contributed by atoms with Crippen LogP contribution < -0.4 is 0 Å². The van der Waals surface area contributed by atoms with Crippen LogP contribution in [-0.2, 0) is 4.79 Å².